The van der Waals surface area contributed by atoms with E-state index >= 15 is 0 Å². The van der Waals surface area contributed by atoms with E-state index in [0.29, 0.717) is 18.5 Å². The molecule has 1 aromatic rings. The molecule has 0 bridgehead atoms. The van der Waals surface area contributed by atoms with Gasteiger partial charge in [0.05, 0.1) is 0 Å². The van der Waals surface area contributed by atoms with Crippen LogP contribution < -0.4 is 16.0 Å². The molecule has 0 radical (unpaired) electrons. The molecule has 7 heteroatoms. The second-order valence-corrected chi connectivity index (χ2v) is 7.62. The van der Waals surface area contributed by atoms with Crippen LogP contribution in [-0.2, 0) is 11.3 Å². The summed E-state index contributed by atoms with van der Waals surface area (Å²) in [6, 6.07) is 11.6. The molecule has 28 heavy (non-hydrogen) atoms. The van der Waals surface area contributed by atoms with Gasteiger partial charge in [-0.1, -0.05) is 30.3 Å². The van der Waals surface area contributed by atoms with Crippen LogP contribution in [0.2, 0.25) is 0 Å². The zero-order chi connectivity index (χ0) is 18.9. The Morgan fingerprint density at radius 2 is 1.75 bits per heavy atom. The molecule has 0 aromatic heterocycles. The Morgan fingerprint density at radius 3 is 2.39 bits per heavy atom. The van der Waals surface area contributed by atoms with Gasteiger partial charge in [0, 0.05) is 51.7 Å². The van der Waals surface area contributed by atoms with Gasteiger partial charge in [0.2, 0.25) is 5.91 Å². The Morgan fingerprint density at radius 1 is 1.07 bits per heavy atom. The number of carbonyl (C=O) groups excluding carboxylic acids is 1. The van der Waals surface area contributed by atoms with Crippen LogP contribution in [0.5, 0.6) is 0 Å². The first-order valence-electron chi connectivity index (χ1n) is 10.3. The van der Waals surface area contributed by atoms with Gasteiger partial charge in [-0.2, -0.15) is 0 Å². The van der Waals surface area contributed by atoms with Gasteiger partial charge < -0.3 is 16.0 Å². The van der Waals surface area contributed by atoms with E-state index in [4.69, 9.17) is 0 Å². The molecule has 0 atom stereocenters. The lowest BCUT2D eigenvalue weighted by atomic mass is 10.0. The number of carbonyl (C=O) groups is 1. The summed E-state index contributed by atoms with van der Waals surface area (Å²) in [5, 5.41) is 9.90. The van der Waals surface area contributed by atoms with E-state index in [-0.39, 0.29) is 29.9 Å². The fourth-order valence-electron chi connectivity index (χ4n) is 3.45. The Bertz CT molecular complexity index is 612. The van der Waals surface area contributed by atoms with Gasteiger partial charge in [-0.3, -0.25) is 14.7 Å². The molecule has 1 saturated carbocycles. The molecule has 2 aliphatic rings. The highest BCUT2D eigenvalue weighted by Gasteiger charge is 2.23. The van der Waals surface area contributed by atoms with Gasteiger partial charge in [0.1, 0.15) is 0 Å². The third-order valence-corrected chi connectivity index (χ3v) is 5.22. The van der Waals surface area contributed by atoms with Gasteiger partial charge in [0.25, 0.3) is 0 Å². The zero-order valence-electron chi connectivity index (χ0n) is 16.8. The van der Waals surface area contributed by atoms with Crippen molar-refractivity contribution in [2.45, 2.75) is 57.2 Å². The molecule has 3 N–H and O–H groups in total. The summed E-state index contributed by atoms with van der Waals surface area (Å²) < 4.78 is 0. The number of amides is 1. The lowest BCUT2D eigenvalue weighted by Gasteiger charge is -2.33. The fraction of sp³-hybridized carbons (Fsp3) is 0.619. The van der Waals surface area contributed by atoms with Crippen molar-refractivity contribution in [3.63, 3.8) is 0 Å². The SMILES string of the molecule is CN=C(NCCCC(=O)NC1CC1)NC1CCN(Cc2ccccc2)CC1.I. The summed E-state index contributed by atoms with van der Waals surface area (Å²) in [6.45, 7) is 4.00. The predicted octanol–water partition coefficient (Wildman–Crippen LogP) is 2.49. The minimum absolute atomic E-state index is 0. The maximum atomic E-state index is 11.7. The molecule has 2 fully saturated rings. The summed E-state index contributed by atoms with van der Waals surface area (Å²) in [5.74, 6) is 1.02. The number of guanidine groups is 1. The molecular weight excluding hydrogens is 465 g/mol. The first-order valence-corrected chi connectivity index (χ1v) is 10.3. The quantitative estimate of drug-likeness (QED) is 0.223. The van der Waals surface area contributed by atoms with Gasteiger partial charge in [-0.15, -0.1) is 24.0 Å². The van der Waals surface area contributed by atoms with E-state index in [2.05, 4.69) is 56.2 Å². The van der Waals surface area contributed by atoms with Crippen LogP contribution >= 0.6 is 24.0 Å². The van der Waals surface area contributed by atoms with E-state index in [1.165, 1.54) is 5.56 Å². The van der Waals surface area contributed by atoms with Crippen molar-refractivity contribution >= 4 is 35.8 Å². The van der Waals surface area contributed by atoms with Gasteiger partial charge in [0.15, 0.2) is 5.96 Å². The Hall–Kier alpha value is -1.35. The monoisotopic (exact) mass is 499 g/mol. The van der Waals surface area contributed by atoms with Crippen LogP contribution in [0.1, 0.15) is 44.1 Å². The van der Waals surface area contributed by atoms with E-state index in [1.807, 2.05) is 0 Å². The van der Waals surface area contributed by atoms with Crippen LogP contribution in [0.3, 0.4) is 0 Å². The molecule has 0 unspecified atom stereocenters. The molecule has 1 aliphatic heterocycles. The van der Waals surface area contributed by atoms with Crippen LogP contribution in [-0.4, -0.2) is 55.5 Å². The van der Waals surface area contributed by atoms with Gasteiger partial charge in [-0.05, 0) is 37.7 Å². The minimum Gasteiger partial charge on any atom is -0.356 e. The molecule has 1 aliphatic carbocycles. The molecule has 1 heterocycles. The summed E-state index contributed by atoms with van der Waals surface area (Å²) in [5.41, 5.74) is 1.38. The summed E-state index contributed by atoms with van der Waals surface area (Å²) in [4.78, 5) is 18.5. The lowest BCUT2D eigenvalue weighted by Crippen LogP contribution is -2.48. The molecule has 1 saturated heterocycles. The number of hydrogen-bond acceptors (Lipinski definition) is 3. The molecule has 6 nitrogen and oxygen atoms in total. The van der Waals surface area contributed by atoms with Crippen molar-refractivity contribution in [3.05, 3.63) is 35.9 Å². The number of halogens is 1. The van der Waals surface area contributed by atoms with Crippen molar-refractivity contribution in [1.82, 2.24) is 20.9 Å². The topological polar surface area (TPSA) is 68.8 Å². The smallest absolute Gasteiger partial charge is 0.220 e. The number of hydrogen-bond donors (Lipinski definition) is 3. The average Bonchev–Trinajstić information content (AvgIpc) is 3.50. The van der Waals surface area contributed by atoms with E-state index < -0.39 is 0 Å². The molecule has 3 rings (SSSR count). The summed E-state index contributed by atoms with van der Waals surface area (Å²) in [7, 11) is 1.81. The van der Waals surface area contributed by atoms with Crippen LogP contribution in [0.4, 0.5) is 0 Å². The average molecular weight is 499 g/mol. The Kier molecular flexibility index (Phi) is 10.0. The first kappa shape index (κ1) is 22.9. The largest absolute Gasteiger partial charge is 0.356 e. The lowest BCUT2D eigenvalue weighted by molar-refractivity contribution is -0.121. The van der Waals surface area contributed by atoms with Crippen LogP contribution in [0.15, 0.2) is 35.3 Å². The number of rotatable bonds is 8. The Balaban J connectivity index is 0.00000280. The third-order valence-electron chi connectivity index (χ3n) is 5.22. The normalized spacial score (nSPS) is 18.2. The number of likely N-dealkylation sites (tertiary alicyclic amines) is 1. The van der Waals surface area contributed by atoms with Crippen molar-refractivity contribution in [1.29, 1.82) is 0 Å². The number of aliphatic imine (C=N–C) groups is 1. The number of benzene rings is 1. The molecular formula is C21H34IN5O. The van der Waals surface area contributed by atoms with Crippen molar-refractivity contribution < 1.29 is 4.79 Å². The summed E-state index contributed by atoms with van der Waals surface area (Å²) >= 11 is 0. The number of nitrogens with one attached hydrogen (secondary N) is 3. The third kappa shape index (κ3) is 8.34. The first-order chi connectivity index (χ1) is 13.2. The molecule has 1 amide bonds. The highest BCUT2D eigenvalue weighted by Crippen LogP contribution is 2.18. The number of piperidine rings is 1. The van der Waals surface area contributed by atoms with E-state index in [1.54, 1.807) is 7.05 Å². The highest BCUT2D eigenvalue weighted by atomic mass is 127. The van der Waals surface area contributed by atoms with Crippen molar-refractivity contribution in [2.24, 2.45) is 4.99 Å². The second kappa shape index (κ2) is 12.3. The minimum atomic E-state index is 0. The van der Waals surface area contributed by atoms with E-state index in [0.717, 1.165) is 64.2 Å². The van der Waals surface area contributed by atoms with Gasteiger partial charge >= 0.3 is 0 Å². The standard InChI is InChI=1S/C21H33N5O.HI/c1-22-21(23-13-5-8-20(27)24-18-9-10-18)25-19-11-14-26(15-12-19)16-17-6-3-2-4-7-17;/h2-4,6-7,18-19H,5,8-16H2,1H3,(H,24,27)(H2,22,23,25);1H. The fourth-order valence-corrected chi connectivity index (χ4v) is 3.45. The maximum absolute atomic E-state index is 11.7. The molecule has 156 valence electrons. The zero-order valence-corrected chi connectivity index (χ0v) is 19.2. The van der Waals surface area contributed by atoms with Crippen molar-refractivity contribution in [3.8, 4) is 0 Å². The summed E-state index contributed by atoms with van der Waals surface area (Å²) in [6.07, 6.45) is 5.94. The number of nitrogens with zero attached hydrogens (tertiary/aromatic N) is 2. The van der Waals surface area contributed by atoms with E-state index in [9.17, 15) is 4.79 Å². The predicted molar refractivity (Wildman–Crippen MR) is 125 cm³/mol. The molecule has 0 spiro atoms. The highest BCUT2D eigenvalue weighted by molar-refractivity contribution is 14.0. The Labute approximate surface area is 186 Å². The second-order valence-electron chi connectivity index (χ2n) is 7.62. The molecule has 1 aromatic carbocycles. The van der Waals surface area contributed by atoms with Gasteiger partial charge in [-0.25, -0.2) is 0 Å². The maximum Gasteiger partial charge on any atom is 0.220 e. The van der Waals surface area contributed by atoms with Crippen LogP contribution in [0, 0.1) is 0 Å². The van der Waals surface area contributed by atoms with Crippen LogP contribution in [0.25, 0.3) is 0 Å². The van der Waals surface area contributed by atoms with Crippen molar-refractivity contribution in [2.75, 3.05) is 26.7 Å².